The Morgan fingerprint density at radius 3 is 2.62 bits per heavy atom. The summed E-state index contributed by atoms with van der Waals surface area (Å²) in [6.45, 7) is 4.18. The largest absolute Gasteiger partial charge is 0.389 e. The van der Waals surface area contributed by atoms with Crippen LogP contribution in [0, 0.1) is 17.2 Å². The first-order chi connectivity index (χ1) is 11.6. The van der Waals surface area contributed by atoms with Gasteiger partial charge in [0.05, 0.1) is 5.56 Å². The number of nitriles is 1. The van der Waals surface area contributed by atoms with Crippen LogP contribution in [0.2, 0.25) is 0 Å². The highest BCUT2D eigenvalue weighted by Crippen LogP contribution is 2.33. The fourth-order valence-corrected chi connectivity index (χ4v) is 3.42. The molecule has 2 rings (SSSR count). The number of nitrogens with two attached hydrogens (primary N) is 1. The van der Waals surface area contributed by atoms with Gasteiger partial charge in [0.15, 0.2) is 0 Å². The number of carbonyl (C=O) groups excluding carboxylic acids is 1. The van der Waals surface area contributed by atoms with Crippen molar-refractivity contribution in [1.82, 2.24) is 0 Å². The third kappa shape index (κ3) is 4.15. The van der Waals surface area contributed by atoms with Gasteiger partial charge in [-0.05, 0) is 30.5 Å². The first-order valence-electron chi connectivity index (χ1n) is 8.29. The second kappa shape index (κ2) is 8.51. The van der Waals surface area contributed by atoms with Crippen LogP contribution in [0.25, 0.3) is 11.1 Å². The second-order valence-electron chi connectivity index (χ2n) is 5.81. The van der Waals surface area contributed by atoms with E-state index in [0.717, 1.165) is 42.5 Å². The maximum atomic E-state index is 12.3. The molecule has 0 spiro atoms. The van der Waals surface area contributed by atoms with Crippen molar-refractivity contribution in [2.45, 2.75) is 39.5 Å². The van der Waals surface area contributed by atoms with Gasteiger partial charge in [-0.1, -0.05) is 38.8 Å². The molecule has 5 heteroatoms. The Hall–Kier alpha value is -2.32. The molecule has 3 N–H and O–H groups in total. The summed E-state index contributed by atoms with van der Waals surface area (Å²) in [6.07, 6.45) is 3.95. The molecule has 1 aromatic carbocycles. The van der Waals surface area contributed by atoms with Crippen molar-refractivity contribution in [3.8, 4) is 17.2 Å². The van der Waals surface area contributed by atoms with Gasteiger partial charge in [-0.25, -0.2) is 0 Å². The smallest absolute Gasteiger partial charge is 0.227 e. The maximum absolute atomic E-state index is 12.3. The van der Waals surface area contributed by atoms with Gasteiger partial charge in [-0.15, -0.1) is 11.3 Å². The summed E-state index contributed by atoms with van der Waals surface area (Å²) in [5, 5.41) is 14.6. The summed E-state index contributed by atoms with van der Waals surface area (Å²) >= 11 is 1.37. The molecule has 0 fully saturated rings. The number of hydrogen-bond donors (Lipinski definition) is 2. The van der Waals surface area contributed by atoms with Crippen LogP contribution < -0.4 is 11.1 Å². The SMILES string of the molecule is CCCCC(CC)C(=O)Nc1ccc(-c2csc(N)c2C#N)cc1. The average molecular weight is 341 g/mol. The van der Waals surface area contributed by atoms with Crippen LogP contribution >= 0.6 is 11.3 Å². The van der Waals surface area contributed by atoms with E-state index in [4.69, 9.17) is 5.73 Å². The molecular formula is C19H23N3OS. The first-order valence-corrected chi connectivity index (χ1v) is 9.17. The molecule has 2 aromatic rings. The van der Waals surface area contributed by atoms with Gasteiger partial charge < -0.3 is 11.1 Å². The van der Waals surface area contributed by atoms with Crippen LogP contribution in [-0.4, -0.2) is 5.91 Å². The van der Waals surface area contributed by atoms with E-state index in [2.05, 4.69) is 18.3 Å². The Morgan fingerprint density at radius 2 is 2.04 bits per heavy atom. The van der Waals surface area contributed by atoms with Gasteiger partial charge in [0.2, 0.25) is 5.91 Å². The number of rotatable bonds is 7. The summed E-state index contributed by atoms with van der Waals surface area (Å²) < 4.78 is 0. The number of thiophene rings is 1. The molecule has 1 aromatic heterocycles. The molecule has 0 saturated heterocycles. The van der Waals surface area contributed by atoms with Gasteiger partial charge in [0, 0.05) is 22.5 Å². The van der Waals surface area contributed by atoms with E-state index in [1.807, 2.05) is 36.6 Å². The molecule has 0 aliphatic carbocycles. The zero-order chi connectivity index (χ0) is 17.5. The van der Waals surface area contributed by atoms with E-state index < -0.39 is 0 Å². The molecule has 0 saturated carbocycles. The molecule has 4 nitrogen and oxygen atoms in total. The molecule has 0 radical (unpaired) electrons. The van der Waals surface area contributed by atoms with Crippen molar-refractivity contribution in [3.05, 3.63) is 35.2 Å². The number of hydrogen-bond acceptors (Lipinski definition) is 4. The lowest BCUT2D eigenvalue weighted by Gasteiger charge is -2.14. The van der Waals surface area contributed by atoms with E-state index in [-0.39, 0.29) is 11.8 Å². The number of benzene rings is 1. The number of nitrogens with zero attached hydrogens (tertiary/aromatic N) is 1. The molecule has 0 aliphatic heterocycles. The van der Waals surface area contributed by atoms with Gasteiger partial charge in [-0.2, -0.15) is 5.26 Å². The second-order valence-corrected chi connectivity index (χ2v) is 6.73. The molecule has 24 heavy (non-hydrogen) atoms. The summed E-state index contributed by atoms with van der Waals surface area (Å²) in [6, 6.07) is 9.70. The van der Waals surface area contributed by atoms with Gasteiger partial charge in [-0.3, -0.25) is 4.79 Å². The number of nitrogen functional groups attached to an aromatic ring is 1. The van der Waals surface area contributed by atoms with Crippen LogP contribution in [0.5, 0.6) is 0 Å². The van der Waals surface area contributed by atoms with Crippen LogP contribution in [0.3, 0.4) is 0 Å². The lowest BCUT2D eigenvalue weighted by Crippen LogP contribution is -2.22. The van der Waals surface area contributed by atoms with Gasteiger partial charge in [0.25, 0.3) is 0 Å². The molecule has 1 heterocycles. The quantitative estimate of drug-likeness (QED) is 0.742. The van der Waals surface area contributed by atoms with Crippen molar-refractivity contribution >= 4 is 27.9 Å². The summed E-state index contributed by atoms with van der Waals surface area (Å²) in [5.74, 6) is 0.141. The highest BCUT2D eigenvalue weighted by atomic mass is 32.1. The lowest BCUT2D eigenvalue weighted by molar-refractivity contribution is -0.120. The summed E-state index contributed by atoms with van der Waals surface area (Å²) in [7, 11) is 0. The minimum atomic E-state index is 0.0616. The number of anilines is 2. The monoisotopic (exact) mass is 341 g/mol. The van der Waals surface area contributed by atoms with Crippen molar-refractivity contribution in [3.63, 3.8) is 0 Å². The highest BCUT2D eigenvalue weighted by Gasteiger charge is 2.16. The topological polar surface area (TPSA) is 78.9 Å². The minimum absolute atomic E-state index is 0.0616. The van der Waals surface area contributed by atoms with Crippen molar-refractivity contribution in [1.29, 1.82) is 5.26 Å². The van der Waals surface area contributed by atoms with E-state index in [1.165, 1.54) is 11.3 Å². The first kappa shape index (κ1) is 18.0. The predicted molar refractivity (Wildman–Crippen MR) is 101 cm³/mol. The molecule has 1 atom stereocenters. The Bertz CT molecular complexity index is 728. The van der Waals surface area contributed by atoms with Crippen LogP contribution in [-0.2, 0) is 4.79 Å². The standard InChI is InChI=1S/C19H23N3OS/c1-3-5-6-13(4-2)19(23)22-15-9-7-14(8-10-15)17-12-24-18(21)16(17)11-20/h7-10,12-13H,3-6,21H2,1-2H3,(H,22,23). The molecule has 0 bridgehead atoms. The van der Waals surface area contributed by atoms with Crippen LogP contribution in [0.15, 0.2) is 29.6 Å². The third-order valence-electron chi connectivity index (χ3n) is 4.16. The van der Waals surface area contributed by atoms with E-state index in [0.29, 0.717) is 10.6 Å². The molecule has 1 amide bonds. The zero-order valence-corrected chi connectivity index (χ0v) is 15.0. The minimum Gasteiger partial charge on any atom is -0.389 e. The highest BCUT2D eigenvalue weighted by molar-refractivity contribution is 7.14. The number of carbonyl (C=O) groups is 1. The summed E-state index contributed by atoms with van der Waals surface area (Å²) in [4.78, 5) is 12.3. The Labute approximate surface area is 147 Å². The normalized spacial score (nSPS) is 11.7. The zero-order valence-electron chi connectivity index (χ0n) is 14.1. The van der Waals surface area contributed by atoms with Gasteiger partial charge >= 0.3 is 0 Å². The van der Waals surface area contributed by atoms with E-state index in [1.54, 1.807) is 0 Å². The van der Waals surface area contributed by atoms with Gasteiger partial charge in [0.1, 0.15) is 11.1 Å². The third-order valence-corrected chi connectivity index (χ3v) is 4.98. The number of nitrogens with one attached hydrogen (secondary N) is 1. The fourth-order valence-electron chi connectivity index (χ4n) is 2.65. The molecule has 1 unspecified atom stereocenters. The Morgan fingerprint density at radius 1 is 1.33 bits per heavy atom. The van der Waals surface area contributed by atoms with Crippen LogP contribution in [0.4, 0.5) is 10.7 Å². The molecule has 0 aliphatic rings. The predicted octanol–water partition coefficient (Wildman–Crippen LogP) is 5.02. The average Bonchev–Trinajstić information content (AvgIpc) is 2.97. The van der Waals surface area contributed by atoms with Crippen LogP contribution in [0.1, 0.15) is 45.1 Å². The number of unbranched alkanes of at least 4 members (excludes halogenated alkanes) is 1. The molecular weight excluding hydrogens is 318 g/mol. The van der Waals surface area contributed by atoms with E-state index in [9.17, 15) is 10.1 Å². The van der Waals surface area contributed by atoms with Crippen molar-refractivity contribution in [2.24, 2.45) is 5.92 Å². The lowest BCUT2D eigenvalue weighted by atomic mass is 9.98. The fraction of sp³-hybridized carbons (Fsp3) is 0.368. The van der Waals surface area contributed by atoms with E-state index >= 15 is 0 Å². The van der Waals surface area contributed by atoms with Crippen molar-refractivity contribution in [2.75, 3.05) is 11.1 Å². The molecule has 126 valence electrons. The Balaban J connectivity index is 2.09. The number of amides is 1. The summed E-state index contributed by atoms with van der Waals surface area (Å²) in [5.41, 5.74) is 8.87. The maximum Gasteiger partial charge on any atom is 0.227 e. The Kier molecular flexibility index (Phi) is 6.39. The van der Waals surface area contributed by atoms with Crippen molar-refractivity contribution < 1.29 is 4.79 Å².